The van der Waals surface area contributed by atoms with Crippen LogP contribution in [0.3, 0.4) is 0 Å². The first-order valence-corrected chi connectivity index (χ1v) is 7.69. The van der Waals surface area contributed by atoms with Crippen molar-refractivity contribution >= 4 is 5.69 Å². The van der Waals surface area contributed by atoms with E-state index >= 15 is 0 Å². The summed E-state index contributed by atoms with van der Waals surface area (Å²) in [5.41, 5.74) is 0.853. The van der Waals surface area contributed by atoms with Crippen LogP contribution in [0, 0.1) is 11.2 Å². The molecule has 0 saturated heterocycles. The highest BCUT2D eigenvalue weighted by Gasteiger charge is 2.25. The summed E-state index contributed by atoms with van der Waals surface area (Å²) < 4.78 is 13.9. The summed E-state index contributed by atoms with van der Waals surface area (Å²) in [6.45, 7) is 9.56. The van der Waals surface area contributed by atoms with Crippen molar-refractivity contribution in [2.45, 2.75) is 40.0 Å². The maximum atomic E-state index is 13.9. The van der Waals surface area contributed by atoms with Crippen LogP contribution in [0.1, 0.15) is 40.0 Å². The Labute approximate surface area is 123 Å². The van der Waals surface area contributed by atoms with E-state index < -0.39 is 0 Å². The highest BCUT2D eigenvalue weighted by atomic mass is 19.1. The van der Waals surface area contributed by atoms with Gasteiger partial charge in [-0.15, -0.1) is 0 Å². The largest absolute Gasteiger partial charge is 0.372 e. The number of halogens is 1. The Bertz CT molecular complexity index is 394. The van der Waals surface area contributed by atoms with Gasteiger partial charge in [0.15, 0.2) is 0 Å². The molecule has 1 unspecified atom stereocenters. The molecule has 0 aliphatic heterocycles. The number of nitrogens with zero attached hydrogens (tertiary/aromatic N) is 1. The molecule has 0 amide bonds. The molecular formula is C17H29FN2. The molecule has 0 spiro atoms. The lowest BCUT2D eigenvalue weighted by atomic mass is 9.84. The van der Waals surface area contributed by atoms with Crippen LogP contribution in [0.2, 0.25) is 0 Å². The molecule has 1 aromatic rings. The van der Waals surface area contributed by atoms with Gasteiger partial charge in [-0.3, -0.25) is 0 Å². The first-order valence-electron chi connectivity index (χ1n) is 7.69. The van der Waals surface area contributed by atoms with E-state index in [0.717, 1.165) is 38.9 Å². The third-order valence-electron chi connectivity index (χ3n) is 3.71. The van der Waals surface area contributed by atoms with Gasteiger partial charge in [0, 0.05) is 20.1 Å². The van der Waals surface area contributed by atoms with Crippen LogP contribution >= 0.6 is 0 Å². The van der Waals surface area contributed by atoms with E-state index in [9.17, 15) is 4.39 Å². The SMILES string of the molecule is CCCNCC(C)(CCC)CN(C)c1ccccc1F. The molecule has 0 aromatic heterocycles. The van der Waals surface area contributed by atoms with E-state index in [2.05, 4.69) is 26.1 Å². The van der Waals surface area contributed by atoms with Gasteiger partial charge in [0.2, 0.25) is 0 Å². The molecular weight excluding hydrogens is 251 g/mol. The molecule has 1 N–H and O–H groups in total. The summed E-state index contributed by atoms with van der Waals surface area (Å²) in [5, 5.41) is 3.51. The average molecular weight is 280 g/mol. The second-order valence-corrected chi connectivity index (χ2v) is 6.04. The lowest BCUT2D eigenvalue weighted by molar-refractivity contribution is 0.284. The lowest BCUT2D eigenvalue weighted by Gasteiger charge is -2.35. The second-order valence-electron chi connectivity index (χ2n) is 6.04. The van der Waals surface area contributed by atoms with Crippen LogP contribution in [0.5, 0.6) is 0 Å². The average Bonchev–Trinajstić information content (AvgIpc) is 2.39. The number of anilines is 1. The normalized spacial score (nSPS) is 14.1. The monoisotopic (exact) mass is 280 g/mol. The van der Waals surface area contributed by atoms with Crippen LogP contribution in [0.4, 0.5) is 10.1 Å². The fraction of sp³-hybridized carbons (Fsp3) is 0.647. The van der Waals surface area contributed by atoms with Crippen LogP contribution in [-0.4, -0.2) is 26.7 Å². The molecule has 0 bridgehead atoms. The van der Waals surface area contributed by atoms with Crippen molar-refractivity contribution in [3.05, 3.63) is 30.1 Å². The molecule has 0 aliphatic rings. The van der Waals surface area contributed by atoms with E-state index in [0.29, 0.717) is 5.69 Å². The van der Waals surface area contributed by atoms with Gasteiger partial charge in [0.05, 0.1) is 5.69 Å². The zero-order valence-corrected chi connectivity index (χ0v) is 13.4. The van der Waals surface area contributed by atoms with Gasteiger partial charge in [-0.05, 0) is 36.9 Å². The van der Waals surface area contributed by atoms with Crippen molar-refractivity contribution in [1.29, 1.82) is 0 Å². The number of rotatable bonds is 9. The molecule has 3 heteroatoms. The summed E-state index contributed by atoms with van der Waals surface area (Å²) in [6, 6.07) is 7.00. The Hall–Kier alpha value is -1.09. The maximum Gasteiger partial charge on any atom is 0.146 e. The molecule has 0 radical (unpaired) electrons. The van der Waals surface area contributed by atoms with Crippen molar-refractivity contribution in [2.75, 3.05) is 31.6 Å². The lowest BCUT2D eigenvalue weighted by Crippen LogP contribution is -2.41. The topological polar surface area (TPSA) is 15.3 Å². The van der Waals surface area contributed by atoms with Crippen molar-refractivity contribution in [1.82, 2.24) is 5.32 Å². The number of nitrogens with one attached hydrogen (secondary N) is 1. The van der Waals surface area contributed by atoms with Crippen LogP contribution in [-0.2, 0) is 0 Å². The summed E-state index contributed by atoms with van der Waals surface area (Å²) in [4.78, 5) is 2.04. The van der Waals surface area contributed by atoms with Crippen LogP contribution in [0.25, 0.3) is 0 Å². The number of hydrogen-bond donors (Lipinski definition) is 1. The Morgan fingerprint density at radius 2 is 1.90 bits per heavy atom. The fourth-order valence-corrected chi connectivity index (χ4v) is 2.81. The highest BCUT2D eigenvalue weighted by molar-refractivity contribution is 5.46. The zero-order valence-electron chi connectivity index (χ0n) is 13.4. The standard InChI is InChI=1S/C17H29FN2/c1-5-11-17(3,13-19-12-6-2)14-20(4)16-10-8-7-9-15(16)18/h7-10,19H,5-6,11-14H2,1-4H3. The molecule has 0 aliphatic carbocycles. The number of hydrogen-bond acceptors (Lipinski definition) is 2. The molecule has 2 nitrogen and oxygen atoms in total. The van der Waals surface area contributed by atoms with Gasteiger partial charge in [-0.1, -0.05) is 39.3 Å². The first-order chi connectivity index (χ1) is 9.52. The van der Waals surface area contributed by atoms with Crippen molar-refractivity contribution in [3.8, 4) is 0 Å². The summed E-state index contributed by atoms with van der Waals surface area (Å²) in [7, 11) is 1.98. The summed E-state index contributed by atoms with van der Waals surface area (Å²) in [5.74, 6) is -0.143. The van der Waals surface area contributed by atoms with E-state index in [4.69, 9.17) is 0 Å². The fourth-order valence-electron chi connectivity index (χ4n) is 2.81. The Morgan fingerprint density at radius 1 is 1.20 bits per heavy atom. The van der Waals surface area contributed by atoms with Crippen LogP contribution < -0.4 is 10.2 Å². The molecule has 0 heterocycles. The summed E-state index contributed by atoms with van der Waals surface area (Å²) >= 11 is 0. The minimum atomic E-state index is -0.143. The summed E-state index contributed by atoms with van der Waals surface area (Å²) in [6.07, 6.45) is 3.43. The number of benzene rings is 1. The molecule has 1 rings (SSSR count). The Balaban J connectivity index is 2.71. The minimum Gasteiger partial charge on any atom is -0.372 e. The Morgan fingerprint density at radius 3 is 2.50 bits per heavy atom. The molecule has 114 valence electrons. The Kier molecular flexibility index (Phi) is 7.00. The first kappa shape index (κ1) is 17.0. The van der Waals surface area contributed by atoms with Gasteiger partial charge in [-0.25, -0.2) is 4.39 Å². The molecule has 0 saturated carbocycles. The molecule has 1 aromatic carbocycles. The molecule has 0 fully saturated rings. The van der Waals surface area contributed by atoms with Gasteiger partial charge in [-0.2, -0.15) is 0 Å². The number of para-hydroxylation sites is 1. The highest BCUT2D eigenvalue weighted by Crippen LogP contribution is 2.27. The maximum absolute atomic E-state index is 13.9. The predicted molar refractivity (Wildman–Crippen MR) is 85.8 cm³/mol. The van der Waals surface area contributed by atoms with E-state index in [-0.39, 0.29) is 11.2 Å². The molecule has 1 atom stereocenters. The minimum absolute atomic E-state index is 0.143. The van der Waals surface area contributed by atoms with E-state index in [1.807, 2.05) is 24.1 Å². The predicted octanol–water partition coefficient (Wildman–Crippen LogP) is 4.07. The third kappa shape index (κ3) is 5.12. The molecule has 20 heavy (non-hydrogen) atoms. The van der Waals surface area contributed by atoms with Gasteiger partial charge < -0.3 is 10.2 Å². The van der Waals surface area contributed by atoms with Gasteiger partial charge in [0.25, 0.3) is 0 Å². The second kappa shape index (κ2) is 8.25. The smallest absolute Gasteiger partial charge is 0.146 e. The van der Waals surface area contributed by atoms with Crippen molar-refractivity contribution in [3.63, 3.8) is 0 Å². The van der Waals surface area contributed by atoms with E-state index in [1.54, 1.807) is 6.07 Å². The quantitative estimate of drug-likeness (QED) is 0.686. The van der Waals surface area contributed by atoms with Crippen molar-refractivity contribution < 1.29 is 4.39 Å². The van der Waals surface area contributed by atoms with E-state index in [1.165, 1.54) is 6.07 Å². The van der Waals surface area contributed by atoms with Gasteiger partial charge >= 0.3 is 0 Å². The zero-order chi connectivity index (χ0) is 15.0. The van der Waals surface area contributed by atoms with Crippen LogP contribution in [0.15, 0.2) is 24.3 Å². The third-order valence-corrected chi connectivity index (χ3v) is 3.71. The van der Waals surface area contributed by atoms with Gasteiger partial charge in [0.1, 0.15) is 5.82 Å². The van der Waals surface area contributed by atoms with Crippen molar-refractivity contribution in [2.24, 2.45) is 5.41 Å².